The zero-order valence-corrected chi connectivity index (χ0v) is 18.1. The van der Waals surface area contributed by atoms with E-state index in [0.29, 0.717) is 26.9 Å². The molecule has 4 N–H and O–H groups in total. The Bertz CT molecular complexity index is 1420. The first-order valence-electron chi connectivity index (χ1n) is 10.0. The van der Waals surface area contributed by atoms with Crippen LogP contribution in [0.25, 0.3) is 22.3 Å². The highest BCUT2D eigenvalue weighted by Gasteiger charge is 2.49. The van der Waals surface area contributed by atoms with Crippen molar-refractivity contribution in [1.82, 2.24) is 25.0 Å². The molecule has 0 aliphatic heterocycles. The summed E-state index contributed by atoms with van der Waals surface area (Å²) in [5.74, 6) is 0.421. The number of carbonyl (C=O) groups is 1. The lowest BCUT2D eigenvalue weighted by Crippen LogP contribution is -2.56. The van der Waals surface area contributed by atoms with Crippen molar-refractivity contribution in [2.75, 3.05) is 19.5 Å². The van der Waals surface area contributed by atoms with Crippen molar-refractivity contribution < 1.29 is 37.5 Å². The number of anilines is 1. The number of methoxy groups -OCH3 is 1. The molecular weight excluding hydrogens is 471 g/mol. The number of alkyl halides is 3. The zero-order valence-electron chi connectivity index (χ0n) is 18.1. The second-order valence-corrected chi connectivity index (χ2v) is 7.47. The van der Waals surface area contributed by atoms with Gasteiger partial charge in [0.05, 0.1) is 13.3 Å². The van der Waals surface area contributed by atoms with E-state index in [1.807, 2.05) is 0 Å². The summed E-state index contributed by atoms with van der Waals surface area (Å²) in [7, 11) is 1.48. The molecule has 0 fully saturated rings. The van der Waals surface area contributed by atoms with E-state index in [4.69, 9.17) is 10.5 Å². The number of benzene rings is 1. The molecule has 1 aromatic carbocycles. The number of nitrogen functional groups attached to an aromatic ring is 1. The smallest absolute Gasteiger partial charge is 0.494 e. The maximum Gasteiger partial charge on any atom is 0.600 e. The van der Waals surface area contributed by atoms with Crippen LogP contribution in [0.2, 0.25) is 0 Å². The standard InChI is InChI=1S/C21H18F3N7O4/c1-35-14-6-3-5-12-16(26-19(25)27-17(12)14)13-9-30(29-28-13)8-11-4-2-7-15(31(11)20(32)33)21(34,10-22)18(23)24/h2-7,9,18,34H,8,10H2,1H3,(H2-,25,26,27,32,33)/p+1. The molecule has 1 atom stereocenters. The molecule has 14 heteroatoms. The van der Waals surface area contributed by atoms with Gasteiger partial charge in [0.15, 0.2) is 0 Å². The zero-order chi connectivity index (χ0) is 25.3. The molecule has 0 saturated heterocycles. The van der Waals surface area contributed by atoms with E-state index >= 15 is 0 Å². The van der Waals surface area contributed by atoms with Gasteiger partial charge in [-0.3, -0.25) is 0 Å². The van der Waals surface area contributed by atoms with Crippen molar-refractivity contribution in [2.45, 2.75) is 18.6 Å². The SMILES string of the molecule is COc1cccc2c(-c3cn(Cc4cccc(C(O)(CF)C(F)F)[n+]4C(=O)O)nn3)nc(N)nc12. The minimum atomic E-state index is -3.57. The number of hydrogen-bond acceptors (Lipinski definition) is 8. The van der Waals surface area contributed by atoms with Crippen LogP contribution >= 0.6 is 0 Å². The van der Waals surface area contributed by atoms with Crippen LogP contribution in [0.1, 0.15) is 11.4 Å². The number of rotatable bonds is 7. The number of fused-ring (bicyclic) bond motifs is 1. The van der Waals surface area contributed by atoms with Crippen molar-refractivity contribution in [3.05, 3.63) is 54.0 Å². The predicted molar refractivity (Wildman–Crippen MR) is 115 cm³/mol. The van der Waals surface area contributed by atoms with Crippen LogP contribution in [0, 0.1) is 0 Å². The van der Waals surface area contributed by atoms with Gasteiger partial charge in [-0.15, -0.1) is 5.10 Å². The number of ether oxygens (including phenoxy) is 1. The lowest BCUT2D eigenvalue weighted by atomic mass is 10.0. The third-order valence-electron chi connectivity index (χ3n) is 5.30. The largest absolute Gasteiger partial charge is 0.600 e. The third-order valence-corrected chi connectivity index (χ3v) is 5.30. The molecule has 0 saturated carbocycles. The molecule has 0 bridgehead atoms. The van der Waals surface area contributed by atoms with E-state index in [1.165, 1.54) is 30.1 Å². The number of halogens is 3. The molecule has 0 spiro atoms. The Hall–Kier alpha value is -4.33. The van der Waals surface area contributed by atoms with Gasteiger partial charge in [0.2, 0.25) is 22.9 Å². The minimum absolute atomic E-state index is 0.0412. The summed E-state index contributed by atoms with van der Waals surface area (Å²) >= 11 is 0. The summed E-state index contributed by atoms with van der Waals surface area (Å²) in [5, 5.41) is 28.4. The molecule has 0 aliphatic rings. The summed E-state index contributed by atoms with van der Waals surface area (Å²) in [6, 6.07) is 8.62. The highest BCUT2D eigenvalue weighted by molar-refractivity contribution is 5.95. The normalized spacial score (nSPS) is 13.2. The van der Waals surface area contributed by atoms with Gasteiger partial charge in [-0.25, -0.2) is 27.8 Å². The number of nitrogens with two attached hydrogens (primary N) is 1. The Labute approximate surface area is 195 Å². The van der Waals surface area contributed by atoms with Crippen LogP contribution in [0.15, 0.2) is 42.6 Å². The number of carboxylic acid groups (broad SMARTS) is 1. The number of pyridine rings is 1. The minimum Gasteiger partial charge on any atom is -0.494 e. The number of para-hydroxylation sites is 1. The van der Waals surface area contributed by atoms with Gasteiger partial charge in [-0.1, -0.05) is 21.9 Å². The number of hydrogen-bond donors (Lipinski definition) is 3. The second kappa shape index (κ2) is 9.13. The molecule has 1 unspecified atom stereocenters. The monoisotopic (exact) mass is 490 g/mol. The van der Waals surface area contributed by atoms with Crippen molar-refractivity contribution in [3.8, 4) is 17.1 Å². The van der Waals surface area contributed by atoms with Crippen molar-refractivity contribution in [1.29, 1.82) is 0 Å². The molecule has 0 aliphatic carbocycles. The van der Waals surface area contributed by atoms with Crippen LogP contribution in [0.4, 0.5) is 23.9 Å². The number of nitrogens with zero attached hydrogens (tertiary/aromatic N) is 6. The van der Waals surface area contributed by atoms with Crippen LogP contribution in [0.3, 0.4) is 0 Å². The highest BCUT2D eigenvalue weighted by atomic mass is 19.3. The average Bonchev–Trinajstić information content (AvgIpc) is 3.30. The fraction of sp³-hybridized carbons (Fsp3) is 0.238. The maximum atomic E-state index is 13.4. The van der Waals surface area contributed by atoms with Crippen molar-refractivity contribution >= 4 is 22.9 Å². The Morgan fingerprint density at radius 2 is 2.00 bits per heavy atom. The molecule has 3 aromatic heterocycles. The van der Waals surface area contributed by atoms with Gasteiger partial charge in [-0.05, 0) is 12.1 Å². The quantitative estimate of drug-likeness (QED) is 0.329. The lowest BCUT2D eigenvalue weighted by molar-refractivity contribution is -0.612. The lowest BCUT2D eigenvalue weighted by Gasteiger charge is -2.21. The number of aliphatic hydroxyl groups is 1. The van der Waals surface area contributed by atoms with Gasteiger partial charge >= 0.3 is 6.09 Å². The molecule has 0 radical (unpaired) electrons. The summed E-state index contributed by atoms with van der Waals surface area (Å²) in [5.41, 5.74) is 2.69. The first-order chi connectivity index (χ1) is 16.7. The second-order valence-electron chi connectivity index (χ2n) is 7.47. The predicted octanol–water partition coefficient (Wildman–Crippen LogP) is 1.76. The third kappa shape index (κ3) is 4.19. The van der Waals surface area contributed by atoms with E-state index in [2.05, 4.69) is 20.3 Å². The van der Waals surface area contributed by atoms with Crippen molar-refractivity contribution in [3.63, 3.8) is 0 Å². The molecular formula is C21H19F3N7O4+. The summed E-state index contributed by atoms with van der Waals surface area (Å²) in [4.78, 5) is 20.3. The van der Waals surface area contributed by atoms with E-state index in [0.717, 1.165) is 6.07 Å². The summed E-state index contributed by atoms with van der Waals surface area (Å²) in [6.07, 6.45) is -3.82. The molecule has 4 rings (SSSR count). The molecule has 0 amide bonds. The van der Waals surface area contributed by atoms with Gasteiger partial charge in [0, 0.05) is 17.5 Å². The van der Waals surface area contributed by atoms with E-state index in [-0.39, 0.29) is 23.9 Å². The molecule has 11 nitrogen and oxygen atoms in total. The van der Waals surface area contributed by atoms with Crippen LogP contribution in [0.5, 0.6) is 5.75 Å². The Morgan fingerprint density at radius 1 is 1.26 bits per heavy atom. The Balaban J connectivity index is 1.77. The maximum absolute atomic E-state index is 13.4. The molecule has 4 aromatic rings. The van der Waals surface area contributed by atoms with Crippen molar-refractivity contribution in [2.24, 2.45) is 0 Å². The summed E-state index contributed by atoms with van der Waals surface area (Å²) in [6.45, 7) is -2.15. The molecule has 3 heterocycles. The first-order valence-corrected chi connectivity index (χ1v) is 10.0. The van der Waals surface area contributed by atoms with Gasteiger partial charge < -0.3 is 20.7 Å². The van der Waals surface area contributed by atoms with Crippen LogP contribution in [-0.2, 0) is 12.1 Å². The van der Waals surface area contributed by atoms with Crippen LogP contribution < -0.4 is 15.0 Å². The fourth-order valence-corrected chi connectivity index (χ4v) is 3.63. The van der Waals surface area contributed by atoms with Gasteiger partial charge in [-0.2, -0.15) is 4.79 Å². The molecule has 35 heavy (non-hydrogen) atoms. The Kier molecular flexibility index (Phi) is 6.22. The summed E-state index contributed by atoms with van der Waals surface area (Å²) < 4.78 is 47.2. The van der Waals surface area contributed by atoms with Gasteiger partial charge in [0.1, 0.15) is 35.9 Å². The van der Waals surface area contributed by atoms with E-state index < -0.39 is 30.5 Å². The Morgan fingerprint density at radius 3 is 2.66 bits per heavy atom. The average molecular weight is 490 g/mol. The first kappa shape index (κ1) is 23.8. The fourth-order valence-electron chi connectivity index (χ4n) is 3.63. The molecule has 182 valence electrons. The number of aromatic nitrogens is 6. The van der Waals surface area contributed by atoms with Gasteiger partial charge in [0.25, 0.3) is 6.43 Å². The highest BCUT2D eigenvalue weighted by Crippen LogP contribution is 2.31. The van der Waals surface area contributed by atoms with Crippen LogP contribution in [-0.4, -0.2) is 61.5 Å². The van der Waals surface area contributed by atoms with E-state index in [1.54, 1.807) is 18.2 Å². The van der Waals surface area contributed by atoms with E-state index in [9.17, 15) is 28.2 Å². The topological polar surface area (TPSA) is 153 Å².